The summed E-state index contributed by atoms with van der Waals surface area (Å²) in [6.45, 7) is 2.55. The van der Waals surface area contributed by atoms with Gasteiger partial charge >= 0.3 is 0 Å². The highest BCUT2D eigenvalue weighted by Crippen LogP contribution is 2.59. The number of allylic oxidation sites excluding steroid dienone is 4. The molecular weight excluding hydrogens is 168 g/mol. The molecule has 0 aliphatic heterocycles. The van der Waals surface area contributed by atoms with Crippen molar-refractivity contribution in [2.75, 3.05) is 0 Å². The van der Waals surface area contributed by atoms with Gasteiger partial charge in [-0.15, -0.1) is 0 Å². The minimum Gasteiger partial charge on any atom is -0.0885 e. The Morgan fingerprint density at radius 2 is 2.00 bits per heavy atom. The second-order valence-corrected chi connectivity index (χ2v) is 5.59. The zero-order chi connectivity index (χ0) is 9.60. The van der Waals surface area contributed by atoms with Crippen molar-refractivity contribution in [1.29, 1.82) is 0 Å². The molecule has 4 atom stereocenters. The van der Waals surface area contributed by atoms with Crippen LogP contribution in [-0.2, 0) is 0 Å². The summed E-state index contributed by atoms with van der Waals surface area (Å²) in [6, 6.07) is 0. The predicted molar refractivity (Wildman–Crippen MR) is 59.9 cm³/mol. The van der Waals surface area contributed by atoms with Crippen LogP contribution in [0.15, 0.2) is 24.3 Å². The normalized spacial score (nSPS) is 52.5. The molecule has 0 heteroatoms. The molecule has 4 unspecified atom stereocenters. The summed E-state index contributed by atoms with van der Waals surface area (Å²) in [5, 5.41) is 0. The van der Waals surface area contributed by atoms with Gasteiger partial charge in [-0.2, -0.15) is 0 Å². The average Bonchev–Trinajstić information content (AvgIpc) is 2.68. The van der Waals surface area contributed by atoms with Crippen LogP contribution in [0.25, 0.3) is 0 Å². The van der Waals surface area contributed by atoms with Crippen LogP contribution in [0, 0.1) is 23.2 Å². The van der Waals surface area contributed by atoms with Crippen LogP contribution in [0.3, 0.4) is 0 Å². The van der Waals surface area contributed by atoms with Gasteiger partial charge in [0.05, 0.1) is 0 Å². The summed E-state index contributed by atoms with van der Waals surface area (Å²) in [7, 11) is 0. The topological polar surface area (TPSA) is 0 Å². The van der Waals surface area contributed by atoms with Crippen molar-refractivity contribution in [3.05, 3.63) is 24.3 Å². The Hall–Kier alpha value is -0.520. The molecule has 0 saturated heterocycles. The Labute approximate surface area is 87.1 Å². The summed E-state index contributed by atoms with van der Waals surface area (Å²) in [4.78, 5) is 0. The van der Waals surface area contributed by atoms with Crippen molar-refractivity contribution in [3.63, 3.8) is 0 Å². The van der Waals surface area contributed by atoms with Gasteiger partial charge in [0.2, 0.25) is 0 Å². The minimum absolute atomic E-state index is 0.643. The molecule has 0 nitrogen and oxygen atoms in total. The first kappa shape index (κ1) is 8.76. The van der Waals surface area contributed by atoms with E-state index in [2.05, 4.69) is 31.2 Å². The van der Waals surface area contributed by atoms with Gasteiger partial charge in [0, 0.05) is 0 Å². The third-order valence-electron chi connectivity index (χ3n) is 4.99. The molecule has 0 heterocycles. The lowest BCUT2D eigenvalue weighted by molar-refractivity contribution is 0.139. The average molecular weight is 188 g/mol. The maximum Gasteiger partial charge on any atom is -0.0171 e. The van der Waals surface area contributed by atoms with E-state index in [0.717, 1.165) is 17.8 Å². The van der Waals surface area contributed by atoms with E-state index in [9.17, 15) is 0 Å². The molecule has 3 rings (SSSR count). The van der Waals surface area contributed by atoms with Crippen molar-refractivity contribution in [2.45, 2.75) is 39.0 Å². The molecular formula is C14H20. The molecule has 76 valence electrons. The van der Waals surface area contributed by atoms with Gasteiger partial charge in [0.25, 0.3) is 0 Å². The van der Waals surface area contributed by atoms with Crippen molar-refractivity contribution < 1.29 is 0 Å². The molecule has 3 aliphatic rings. The molecule has 0 aromatic carbocycles. The zero-order valence-electron chi connectivity index (χ0n) is 9.08. The zero-order valence-corrected chi connectivity index (χ0v) is 9.08. The van der Waals surface area contributed by atoms with E-state index in [1.54, 1.807) is 0 Å². The van der Waals surface area contributed by atoms with E-state index in [-0.39, 0.29) is 0 Å². The molecule has 2 bridgehead atoms. The fourth-order valence-electron chi connectivity index (χ4n) is 4.10. The van der Waals surface area contributed by atoms with E-state index < -0.39 is 0 Å². The summed E-state index contributed by atoms with van der Waals surface area (Å²) < 4.78 is 0. The lowest BCUT2D eigenvalue weighted by Gasteiger charge is -2.40. The van der Waals surface area contributed by atoms with Gasteiger partial charge in [-0.3, -0.25) is 0 Å². The van der Waals surface area contributed by atoms with E-state index in [1.165, 1.54) is 32.1 Å². The number of hydrogen-bond donors (Lipinski definition) is 0. The lowest BCUT2D eigenvalue weighted by atomic mass is 9.65. The molecule has 3 aliphatic carbocycles. The molecule has 0 aromatic heterocycles. The highest BCUT2D eigenvalue weighted by Gasteiger charge is 2.51. The number of hydrogen-bond acceptors (Lipinski definition) is 0. The van der Waals surface area contributed by atoms with Crippen LogP contribution >= 0.6 is 0 Å². The van der Waals surface area contributed by atoms with Crippen molar-refractivity contribution in [3.8, 4) is 0 Å². The van der Waals surface area contributed by atoms with Gasteiger partial charge in [0.1, 0.15) is 0 Å². The largest absolute Gasteiger partial charge is 0.0885 e. The van der Waals surface area contributed by atoms with Crippen LogP contribution in [0.5, 0.6) is 0 Å². The highest BCUT2D eigenvalue weighted by atomic mass is 14.6. The molecule has 0 N–H and O–H groups in total. The van der Waals surface area contributed by atoms with Crippen molar-refractivity contribution >= 4 is 0 Å². The molecule has 0 spiro atoms. The number of fused-ring (bicyclic) bond motifs is 5. The molecule has 1 saturated carbocycles. The molecule has 14 heavy (non-hydrogen) atoms. The monoisotopic (exact) mass is 188 g/mol. The standard InChI is InChI=1S/C14H20/c1-14-9-5-3-2-4-6-13(14)11-7-8-12(14)10-11/h2-3,7-8,11-13H,4-6,9-10H2,1H3/b3-2-. The van der Waals surface area contributed by atoms with E-state index in [4.69, 9.17) is 0 Å². The summed E-state index contributed by atoms with van der Waals surface area (Å²) in [5.74, 6) is 2.82. The van der Waals surface area contributed by atoms with Gasteiger partial charge in [-0.1, -0.05) is 31.2 Å². The molecule has 0 radical (unpaired) electrons. The molecule has 0 aromatic rings. The third kappa shape index (κ3) is 1.06. The first-order chi connectivity index (χ1) is 6.81. The summed E-state index contributed by atoms with van der Waals surface area (Å²) in [6.07, 6.45) is 16.7. The Kier molecular flexibility index (Phi) is 1.87. The summed E-state index contributed by atoms with van der Waals surface area (Å²) in [5.41, 5.74) is 0.643. The van der Waals surface area contributed by atoms with Crippen molar-refractivity contribution in [1.82, 2.24) is 0 Å². The lowest BCUT2D eigenvalue weighted by Crippen LogP contribution is -2.31. The second-order valence-electron chi connectivity index (χ2n) is 5.59. The van der Waals surface area contributed by atoms with E-state index in [1.807, 2.05) is 0 Å². The van der Waals surface area contributed by atoms with Crippen LogP contribution in [0.1, 0.15) is 39.0 Å². The maximum absolute atomic E-state index is 2.55. The molecule has 0 amide bonds. The Morgan fingerprint density at radius 1 is 1.14 bits per heavy atom. The van der Waals surface area contributed by atoms with Gasteiger partial charge < -0.3 is 0 Å². The Bertz CT molecular complexity index is 286. The van der Waals surface area contributed by atoms with Crippen LogP contribution in [0.4, 0.5) is 0 Å². The third-order valence-corrected chi connectivity index (χ3v) is 4.99. The van der Waals surface area contributed by atoms with Crippen LogP contribution < -0.4 is 0 Å². The first-order valence-corrected chi connectivity index (χ1v) is 6.14. The first-order valence-electron chi connectivity index (χ1n) is 6.14. The van der Waals surface area contributed by atoms with Crippen LogP contribution in [0.2, 0.25) is 0 Å². The fraction of sp³-hybridized carbons (Fsp3) is 0.714. The minimum atomic E-state index is 0.643. The SMILES string of the molecule is CC12CC/C=C\CCC1C1C=CC2C1. The second kappa shape index (κ2) is 2.98. The molecule has 1 fully saturated rings. The Morgan fingerprint density at radius 3 is 2.93 bits per heavy atom. The Balaban J connectivity index is 1.93. The van der Waals surface area contributed by atoms with E-state index >= 15 is 0 Å². The summed E-state index contributed by atoms with van der Waals surface area (Å²) >= 11 is 0. The van der Waals surface area contributed by atoms with Crippen LogP contribution in [-0.4, -0.2) is 0 Å². The highest BCUT2D eigenvalue weighted by molar-refractivity contribution is 5.18. The smallest absolute Gasteiger partial charge is 0.0171 e. The van der Waals surface area contributed by atoms with Crippen molar-refractivity contribution in [2.24, 2.45) is 23.2 Å². The van der Waals surface area contributed by atoms with Gasteiger partial charge in [0.15, 0.2) is 0 Å². The maximum atomic E-state index is 2.55. The van der Waals surface area contributed by atoms with Gasteiger partial charge in [-0.25, -0.2) is 0 Å². The number of rotatable bonds is 0. The van der Waals surface area contributed by atoms with Gasteiger partial charge in [-0.05, 0) is 55.3 Å². The fourth-order valence-corrected chi connectivity index (χ4v) is 4.10. The predicted octanol–water partition coefficient (Wildman–Crippen LogP) is 3.95. The quantitative estimate of drug-likeness (QED) is 0.505. The van der Waals surface area contributed by atoms with E-state index in [0.29, 0.717) is 5.41 Å².